The third kappa shape index (κ3) is 5.89. The van der Waals surface area contributed by atoms with Gasteiger partial charge in [-0.05, 0) is 143 Å². The predicted octanol–water partition coefficient (Wildman–Crippen LogP) is 14.8. The van der Waals surface area contributed by atoms with Crippen LogP contribution in [0, 0.1) is 13.8 Å². The Bertz CT molecular complexity index is 3150. The van der Waals surface area contributed by atoms with Gasteiger partial charge in [0.2, 0.25) is 0 Å². The van der Waals surface area contributed by atoms with Crippen LogP contribution in [0.1, 0.15) is 82.6 Å². The number of para-hydroxylation sites is 2. The molecule has 4 heteroatoms. The second-order valence-corrected chi connectivity index (χ2v) is 21.0. The van der Waals surface area contributed by atoms with Crippen LogP contribution >= 0.6 is 0 Å². The predicted molar refractivity (Wildman–Crippen MR) is 282 cm³/mol. The van der Waals surface area contributed by atoms with Crippen molar-refractivity contribution in [1.82, 2.24) is 0 Å². The molecule has 3 nitrogen and oxygen atoms in total. The average Bonchev–Trinajstić information content (AvgIpc) is 3.56. The molecule has 3 aliphatic heterocycles. The highest BCUT2D eigenvalue weighted by Gasteiger charge is 2.62. The summed E-state index contributed by atoms with van der Waals surface area (Å²) in [5, 5.41) is 0. The molecule has 4 aliphatic rings. The number of benzene rings is 8. The van der Waals surface area contributed by atoms with Crippen LogP contribution in [0.25, 0.3) is 22.3 Å². The van der Waals surface area contributed by atoms with Crippen molar-refractivity contribution < 1.29 is 0 Å². The van der Waals surface area contributed by atoms with Crippen LogP contribution < -0.4 is 31.1 Å². The SMILES string of the molecule is Cc1cc(C)c2c3c1B1c4cc(-c5ccccc5)ccc4N(c4ccc(C(C)(C)C)cc4-c4ccccc4)c4cc(N(c5ccccc5)c5ccccc5)cc(c41)N3C1(C)CCCCC21C. The Morgan fingerprint density at radius 3 is 1.76 bits per heavy atom. The van der Waals surface area contributed by atoms with E-state index in [1.807, 2.05) is 0 Å². The lowest BCUT2D eigenvalue weighted by Crippen LogP contribution is -2.65. The zero-order valence-electron chi connectivity index (χ0n) is 39.5. The van der Waals surface area contributed by atoms with Crippen molar-refractivity contribution in [2.75, 3.05) is 14.7 Å². The maximum Gasteiger partial charge on any atom is 0.252 e. The van der Waals surface area contributed by atoms with E-state index in [0.717, 1.165) is 23.5 Å². The van der Waals surface area contributed by atoms with Gasteiger partial charge in [0.05, 0.1) is 16.9 Å². The second-order valence-electron chi connectivity index (χ2n) is 21.0. The Morgan fingerprint density at radius 1 is 0.515 bits per heavy atom. The lowest BCUT2D eigenvalue weighted by molar-refractivity contribution is 0.194. The molecule has 0 N–H and O–H groups in total. The Hall–Kier alpha value is -6.78. The topological polar surface area (TPSA) is 9.72 Å². The molecule has 3 heterocycles. The molecule has 8 aromatic carbocycles. The zero-order valence-corrected chi connectivity index (χ0v) is 39.5. The standard InChI is InChI=1S/C62H58BN3/c1-41-36-42(2)57-59-56(41)61(6)34-20-21-35-62(61,7)66(59)55-40-49(64(47-26-16-10-17-27-47)48-28-18-11-19-29-48)39-54-58(55)63(57)51-37-45(43-22-12-8-13-23-43)30-32-53(51)65(54)52-33-31-46(60(3,4)5)38-50(52)44-24-14-9-15-25-44/h8-19,22-33,36-40H,20-21,34-35H2,1-7H3. The van der Waals surface area contributed by atoms with Gasteiger partial charge in [0, 0.05) is 45.1 Å². The third-order valence-corrected chi connectivity index (χ3v) is 16.1. The van der Waals surface area contributed by atoms with Gasteiger partial charge in [-0.3, -0.25) is 0 Å². The molecule has 1 saturated carbocycles. The van der Waals surface area contributed by atoms with Crippen LogP contribution in [0.2, 0.25) is 0 Å². The molecule has 66 heavy (non-hydrogen) atoms. The summed E-state index contributed by atoms with van der Waals surface area (Å²) < 4.78 is 0. The highest BCUT2D eigenvalue weighted by molar-refractivity contribution is 7.00. The Labute approximate surface area is 392 Å². The van der Waals surface area contributed by atoms with E-state index in [1.54, 1.807) is 5.56 Å². The van der Waals surface area contributed by atoms with Crippen LogP contribution in [0.15, 0.2) is 176 Å². The van der Waals surface area contributed by atoms with Crippen molar-refractivity contribution in [2.24, 2.45) is 0 Å². The van der Waals surface area contributed by atoms with Crippen molar-refractivity contribution >= 4 is 68.6 Å². The van der Waals surface area contributed by atoms with Gasteiger partial charge in [-0.15, -0.1) is 0 Å². The summed E-state index contributed by atoms with van der Waals surface area (Å²) in [6, 6.07) is 66.3. The normalized spacial score (nSPS) is 18.9. The maximum atomic E-state index is 2.90. The Morgan fingerprint density at radius 2 is 1.11 bits per heavy atom. The van der Waals surface area contributed by atoms with E-state index < -0.39 is 0 Å². The third-order valence-electron chi connectivity index (χ3n) is 16.1. The average molecular weight is 856 g/mol. The molecule has 12 rings (SSSR count). The molecule has 1 aliphatic carbocycles. The van der Waals surface area contributed by atoms with E-state index in [-0.39, 0.29) is 23.1 Å². The fraction of sp³-hybridized carbons (Fsp3) is 0.226. The Kier molecular flexibility index (Phi) is 9.17. The van der Waals surface area contributed by atoms with E-state index in [2.05, 4.69) is 239 Å². The highest BCUT2D eigenvalue weighted by atomic mass is 15.3. The van der Waals surface area contributed by atoms with Gasteiger partial charge < -0.3 is 14.7 Å². The minimum Gasteiger partial charge on any atom is -0.335 e. The number of nitrogens with zero attached hydrogens (tertiary/aromatic N) is 3. The number of aryl methyl sites for hydroxylation is 2. The van der Waals surface area contributed by atoms with Crippen molar-refractivity contribution in [3.05, 3.63) is 198 Å². The summed E-state index contributed by atoms with van der Waals surface area (Å²) in [7, 11) is 0. The summed E-state index contributed by atoms with van der Waals surface area (Å²) in [4.78, 5) is 8.03. The summed E-state index contributed by atoms with van der Waals surface area (Å²) in [5.74, 6) is 0. The van der Waals surface area contributed by atoms with Gasteiger partial charge in [0.25, 0.3) is 6.71 Å². The number of anilines is 8. The molecule has 1 fully saturated rings. The van der Waals surface area contributed by atoms with Crippen LogP contribution in [0.5, 0.6) is 0 Å². The number of rotatable bonds is 6. The van der Waals surface area contributed by atoms with Crippen molar-refractivity contribution in [1.29, 1.82) is 0 Å². The number of fused-ring (bicyclic) bond motifs is 7. The lowest BCUT2D eigenvalue weighted by Gasteiger charge is -2.53. The molecule has 2 unspecified atom stereocenters. The van der Waals surface area contributed by atoms with E-state index in [0.29, 0.717) is 0 Å². The maximum absolute atomic E-state index is 2.90. The fourth-order valence-electron chi connectivity index (χ4n) is 12.9. The molecule has 0 amide bonds. The quantitative estimate of drug-likeness (QED) is 0.154. The summed E-state index contributed by atoms with van der Waals surface area (Å²) >= 11 is 0. The lowest BCUT2D eigenvalue weighted by atomic mass is 9.32. The van der Waals surface area contributed by atoms with E-state index >= 15 is 0 Å². The molecule has 0 radical (unpaired) electrons. The number of hydrogen-bond acceptors (Lipinski definition) is 3. The first-order valence-corrected chi connectivity index (χ1v) is 24.2. The van der Waals surface area contributed by atoms with E-state index in [1.165, 1.54) is 103 Å². The van der Waals surface area contributed by atoms with Gasteiger partial charge >= 0.3 is 0 Å². The number of hydrogen-bond donors (Lipinski definition) is 0. The smallest absolute Gasteiger partial charge is 0.252 e. The van der Waals surface area contributed by atoms with Crippen LogP contribution in [-0.2, 0) is 10.8 Å². The molecule has 8 aromatic rings. The minimum absolute atomic E-state index is 0.0142. The van der Waals surface area contributed by atoms with Gasteiger partial charge in [-0.25, -0.2) is 0 Å². The monoisotopic (exact) mass is 855 g/mol. The molecular formula is C62H58BN3. The fourth-order valence-corrected chi connectivity index (χ4v) is 12.9. The molecule has 0 bridgehead atoms. The first-order valence-electron chi connectivity index (χ1n) is 24.2. The molecule has 0 saturated heterocycles. The summed E-state index contributed by atoms with van der Waals surface area (Å²) in [6.07, 6.45) is 4.81. The van der Waals surface area contributed by atoms with E-state index in [9.17, 15) is 0 Å². The van der Waals surface area contributed by atoms with Gasteiger partial charge in [0.1, 0.15) is 0 Å². The van der Waals surface area contributed by atoms with Crippen LogP contribution in [0.3, 0.4) is 0 Å². The molecule has 2 atom stereocenters. The summed E-state index contributed by atoms with van der Waals surface area (Å²) in [6.45, 7) is 17.0. The second kappa shape index (κ2) is 14.9. The first kappa shape index (κ1) is 40.7. The molecule has 324 valence electrons. The van der Waals surface area contributed by atoms with Gasteiger partial charge in [-0.1, -0.05) is 167 Å². The van der Waals surface area contributed by atoms with Gasteiger partial charge in [-0.2, -0.15) is 0 Å². The highest BCUT2D eigenvalue weighted by Crippen LogP contribution is 2.63. The van der Waals surface area contributed by atoms with Crippen molar-refractivity contribution in [3.63, 3.8) is 0 Å². The first-order chi connectivity index (χ1) is 32.0. The van der Waals surface area contributed by atoms with Crippen molar-refractivity contribution in [2.45, 2.75) is 90.5 Å². The molecule has 0 aromatic heterocycles. The van der Waals surface area contributed by atoms with E-state index in [4.69, 9.17) is 0 Å². The minimum atomic E-state index is -0.122. The summed E-state index contributed by atoms with van der Waals surface area (Å²) in [5.41, 5.74) is 24.6. The van der Waals surface area contributed by atoms with Crippen LogP contribution in [-0.4, -0.2) is 12.3 Å². The Balaban J connectivity index is 1.25. The molecular weight excluding hydrogens is 798 g/mol. The van der Waals surface area contributed by atoms with Gasteiger partial charge in [0.15, 0.2) is 0 Å². The van der Waals surface area contributed by atoms with Crippen LogP contribution in [0.4, 0.5) is 45.5 Å². The zero-order chi connectivity index (χ0) is 45.1. The largest absolute Gasteiger partial charge is 0.335 e. The van der Waals surface area contributed by atoms with Crippen molar-refractivity contribution in [3.8, 4) is 22.3 Å². The molecule has 0 spiro atoms.